The third kappa shape index (κ3) is 5.58. The molecule has 0 radical (unpaired) electrons. The summed E-state index contributed by atoms with van der Waals surface area (Å²) in [5, 5.41) is 9.21. The molecule has 7 heteroatoms. The largest absolute Gasteiger partial charge is 0.352 e. The zero-order chi connectivity index (χ0) is 24.1. The summed E-state index contributed by atoms with van der Waals surface area (Å²) in [6.07, 6.45) is 6.67. The highest BCUT2D eigenvalue weighted by atomic mass is 35.5. The van der Waals surface area contributed by atoms with Gasteiger partial charge in [-0.3, -0.25) is 0 Å². The Kier molecular flexibility index (Phi) is 8.71. The smallest absolute Gasteiger partial charge is 0.333 e. The number of carbonyl (C=O) groups excluding carboxylic acids is 1. The van der Waals surface area contributed by atoms with Gasteiger partial charge in [0.15, 0.2) is 0 Å². The van der Waals surface area contributed by atoms with E-state index < -0.39 is 0 Å². The van der Waals surface area contributed by atoms with E-state index in [0.29, 0.717) is 29.7 Å². The van der Waals surface area contributed by atoms with Crippen LogP contribution in [-0.4, -0.2) is 39.5 Å². The van der Waals surface area contributed by atoms with Gasteiger partial charge in [0.1, 0.15) is 25.7 Å². The molecule has 2 atom stereocenters. The fourth-order valence-electron chi connectivity index (χ4n) is 5.20. The fourth-order valence-corrected chi connectivity index (χ4v) is 5.20. The number of amides is 1. The van der Waals surface area contributed by atoms with Crippen LogP contribution in [0, 0.1) is 25.2 Å². The number of halogens is 1. The monoisotopic (exact) mass is 492 g/mol. The van der Waals surface area contributed by atoms with E-state index >= 15 is 0 Å². The highest BCUT2D eigenvalue weighted by Crippen LogP contribution is 2.34. The molecule has 35 heavy (non-hydrogen) atoms. The summed E-state index contributed by atoms with van der Waals surface area (Å²) in [6.45, 7) is 8.90. The van der Waals surface area contributed by atoms with Gasteiger partial charge in [-0.1, -0.05) is 37.6 Å². The molecule has 0 bridgehead atoms. The Hall–Kier alpha value is -3.14. The Morgan fingerprint density at radius 2 is 1.94 bits per heavy atom. The average Bonchev–Trinajstić information content (AvgIpc) is 3.35. The quantitative estimate of drug-likeness (QED) is 0.425. The summed E-state index contributed by atoms with van der Waals surface area (Å²) in [4.78, 5) is 23.9. The predicted molar refractivity (Wildman–Crippen MR) is 141 cm³/mol. The Bertz CT molecular complexity index is 1170. The molecule has 6 nitrogen and oxygen atoms in total. The fraction of sp³-hybridized carbons (Fsp3) is 0.393. The lowest BCUT2D eigenvalue weighted by Gasteiger charge is -2.49. The van der Waals surface area contributed by atoms with Gasteiger partial charge in [-0.15, -0.1) is 12.4 Å². The zero-order valence-corrected chi connectivity index (χ0v) is 21.6. The average molecular weight is 493 g/mol. The summed E-state index contributed by atoms with van der Waals surface area (Å²) >= 11 is 0. The van der Waals surface area contributed by atoms with Crippen molar-refractivity contribution in [3.63, 3.8) is 0 Å². The van der Waals surface area contributed by atoms with E-state index in [-0.39, 0.29) is 24.4 Å². The minimum absolute atomic E-state index is 0. The highest BCUT2D eigenvalue weighted by Gasteiger charge is 2.49. The number of aromatic nitrogens is 2. The second kappa shape index (κ2) is 11.5. The van der Waals surface area contributed by atoms with Crippen LogP contribution in [0.3, 0.4) is 0 Å². The number of rotatable bonds is 8. The molecule has 1 N–H and O–H groups in total. The molecule has 0 saturated carbocycles. The molecular formula is C28H35ClN5O+. The molecule has 0 spiro atoms. The predicted octanol–water partition coefficient (Wildman–Crippen LogP) is 5.44. The van der Waals surface area contributed by atoms with Crippen LogP contribution in [0.15, 0.2) is 55.0 Å². The summed E-state index contributed by atoms with van der Waals surface area (Å²) in [5.74, 6) is 0.229. The number of H-pyrrole nitrogens is 1. The van der Waals surface area contributed by atoms with Crippen molar-refractivity contribution < 1.29 is 9.28 Å². The van der Waals surface area contributed by atoms with Gasteiger partial charge in [-0.25, -0.2) is 14.3 Å². The van der Waals surface area contributed by atoms with Gasteiger partial charge in [0, 0.05) is 17.7 Å². The first-order chi connectivity index (χ1) is 16.5. The Labute approximate surface area is 214 Å². The van der Waals surface area contributed by atoms with Crippen LogP contribution < -0.4 is 4.90 Å². The number of anilines is 1. The number of hydrogen-bond donors (Lipinski definition) is 1. The van der Waals surface area contributed by atoms with Gasteiger partial charge in [0.05, 0.1) is 36.4 Å². The standard InChI is InChI=1S/C28H34N5O.ClH/c1-4-5-8-26-16-32(27-9-6-7-21(2)22(27)3)17-28(34)33(26,19-25-15-30-20-31-25)18-24-12-10-23(14-29)11-13-24;/h6-7,9-13,15,20,26H,4-5,8,16-19H2,1-3H3,(H,30,31);1H/q+1;/t26?,33-;/m0./s1. The second-order valence-electron chi connectivity index (χ2n) is 9.53. The summed E-state index contributed by atoms with van der Waals surface area (Å²) in [5.41, 5.74) is 6.34. The third-order valence-corrected chi connectivity index (χ3v) is 7.32. The van der Waals surface area contributed by atoms with E-state index in [1.807, 2.05) is 30.5 Å². The molecule has 2 aromatic carbocycles. The molecule has 1 fully saturated rings. The second-order valence-corrected chi connectivity index (χ2v) is 9.53. The van der Waals surface area contributed by atoms with Crippen LogP contribution in [0.1, 0.15) is 54.1 Å². The van der Waals surface area contributed by atoms with Gasteiger partial charge >= 0.3 is 5.91 Å². The van der Waals surface area contributed by atoms with Crippen LogP contribution >= 0.6 is 12.4 Å². The zero-order valence-electron chi connectivity index (χ0n) is 20.8. The number of aryl methyl sites for hydroxylation is 1. The van der Waals surface area contributed by atoms with E-state index in [2.05, 4.69) is 59.9 Å². The van der Waals surface area contributed by atoms with Gasteiger partial charge < -0.3 is 9.88 Å². The molecule has 1 unspecified atom stereocenters. The number of carbonyl (C=O) groups is 1. The molecule has 1 amide bonds. The first-order valence-electron chi connectivity index (χ1n) is 12.1. The molecule has 4 rings (SSSR count). The molecule has 184 valence electrons. The molecule has 3 aromatic rings. The maximum atomic E-state index is 14.2. The van der Waals surface area contributed by atoms with Crippen LogP contribution in [0.4, 0.5) is 5.69 Å². The number of benzene rings is 2. The topological polar surface area (TPSA) is 72.8 Å². The number of nitriles is 1. The number of nitrogens with zero attached hydrogens (tertiary/aromatic N) is 4. The lowest BCUT2D eigenvalue weighted by Crippen LogP contribution is -2.68. The van der Waals surface area contributed by atoms with Crippen LogP contribution in [0.2, 0.25) is 0 Å². The van der Waals surface area contributed by atoms with E-state index in [9.17, 15) is 10.1 Å². The van der Waals surface area contributed by atoms with Crippen LogP contribution in [0.25, 0.3) is 0 Å². The van der Waals surface area contributed by atoms with Crippen molar-refractivity contribution in [1.29, 1.82) is 5.26 Å². The van der Waals surface area contributed by atoms with Gasteiger partial charge in [-0.05, 0) is 49.6 Å². The maximum Gasteiger partial charge on any atom is 0.333 e. The first-order valence-corrected chi connectivity index (χ1v) is 12.1. The molecule has 1 saturated heterocycles. The Morgan fingerprint density at radius 3 is 2.60 bits per heavy atom. The van der Waals surface area contributed by atoms with Crippen LogP contribution in [-0.2, 0) is 17.9 Å². The molecule has 1 aliphatic rings. The number of nitrogens with one attached hydrogen (secondary N) is 1. The lowest BCUT2D eigenvalue weighted by atomic mass is 9.96. The molecule has 2 heterocycles. The maximum absolute atomic E-state index is 14.2. The van der Waals surface area contributed by atoms with E-state index in [1.165, 1.54) is 11.1 Å². The Morgan fingerprint density at radius 1 is 1.17 bits per heavy atom. The molecule has 1 aromatic heterocycles. The van der Waals surface area contributed by atoms with Gasteiger partial charge in [0.2, 0.25) is 0 Å². The Balaban J connectivity index is 0.00000342. The lowest BCUT2D eigenvalue weighted by molar-refractivity contribution is -0.906. The number of piperazine rings is 1. The first kappa shape index (κ1) is 26.5. The van der Waals surface area contributed by atoms with Crippen molar-refractivity contribution in [3.8, 4) is 6.07 Å². The van der Waals surface area contributed by atoms with Crippen molar-refractivity contribution in [2.75, 3.05) is 18.0 Å². The van der Waals surface area contributed by atoms with Gasteiger partial charge in [-0.2, -0.15) is 5.26 Å². The van der Waals surface area contributed by atoms with E-state index in [1.54, 1.807) is 6.33 Å². The summed E-state index contributed by atoms with van der Waals surface area (Å²) in [7, 11) is 0. The SMILES string of the molecule is CCCCC1CN(c2cccc(C)c2C)CC(=O)[N@@+]1(Cc1ccc(C#N)cc1)Cc1cnc[nH]1.Cl. The van der Waals surface area contributed by atoms with Crippen molar-refractivity contribution >= 4 is 24.0 Å². The van der Waals surface area contributed by atoms with Crippen LogP contribution in [0.5, 0.6) is 0 Å². The van der Waals surface area contributed by atoms with Crippen molar-refractivity contribution in [3.05, 3.63) is 82.9 Å². The number of unbranched alkanes of at least 4 members (excludes halogenated alkanes) is 1. The summed E-state index contributed by atoms with van der Waals surface area (Å²) < 4.78 is 0.370. The number of hydrogen-bond acceptors (Lipinski definition) is 4. The molecular weight excluding hydrogens is 458 g/mol. The minimum Gasteiger partial charge on any atom is -0.352 e. The number of quaternary nitrogens is 1. The number of aromatic amines is 1. The van der Waals surface area contributed by atoms with Gasteiger partial charge in [0.25, 0.3) is 0 Å². The minimum atomic E-state index is 0. The van der Waals surface area contributed by atoms with Crippen molar-refractivity contribution in [2.45, 2.75) is 59.2 Å². The van der Waals surface area contributed by atoms with Crippen molar-refractivity contribution in [2.24, 2.45) is 0 Å². The molecule has 0 aliphatic carbocycles. The highest BCUT2D eigenvalue weighted by molar-refractivity contribution is 5.85. The van der Waals surface area contributed by atoms with E-state index in [0.717, 1.165) is 42.8 Å². The number of imidazole rings is 1. The molecule has 1 aliphatic heterocycles. The normalized spacial score (nSPS) is 19.8. The van der Waals surface area contributed by atoms with Crippen molar-refractivity contribution in [1.82, 2.24) is 9.97 Å². The summed E-state index contributed by atoms with van der Waals surface area (Å²) in [6, 6.07) is 16.4. The third-order valence-electron chi connectivity index (χ3n) is 7.32. The van der Waals surface area contributed by atoms with E-state index in [4.69, 9.17) is 0 Å².